The van der Waals surface area contributed by atoms with Crippen LogP contribution >= 0.6 is 0 Å². The van der Waals surface area contributed by atoms with Crippen LogP contribution < -0.4 is 10.1 Å². The minimum absolute atomic E-state index is 0.134. The second-order valence-electron chi connectivity index (χ2n) is 6.60. The van der Waals surface area contributed by atoms with E-state index in [-0.39, 0.29) is 5.54 Å². The molecular weight excluding hydrogens is 258 g/mol. The number of hydrogen-bond donors (Lipinski definition) is 1. The van der Waals surface area contributed by atoms with Crippen molar-refractivity contribution in [1.82, 2.24) is 5.32 Å². The van der Waals surface area contributed by atoms with E-state index in [0.29, 0.717) is 0 Å². The van der Waals surface area contributed by atoms with Crippen LogP contribution in [-0.4, -0.2) is 5.54 Å². The summed E-state index contributed by atoms with van der Waals surface area (Å²) in [4.78, 5) is 0. The van der Waals surface area contributed by atoms with Crippen molar-refractivity contribution >= 4 is 0 Å². The lowest BCUT2D eigenvalue weighted by molar-refractivity contribution is 0.424. The van der Waals surface area contributed by atoms with E-state index >= 15 is 0 Å². The molecule has 112 valence electrons. The van der Waals surface area contributed by atoms with Gasteiger partial charge in [0.15, 0.2) is 0 Å². The van der Waals surface area contributed by atoms with Crippen LogP contribution in [0.3, 0.4) is 0 Å². The summed E-state index contributed by atoms with van der Waals surface area (Å²) in [6.45, 7) is 11.6. The van der Waals surface area contributed by atoms with Gasteiger partial charge in [0.2, 0.25) is 0 Å². The molecule has 21 heavy (non-hydrogen) atoms. The normalized spacial score (nSPS) is 11.5. The molecule has 0 aliphatic rings. The number of hydrogen-bond acceptors (Lipinski definition) is 2. The highest BCUT2D eigenvalue weighted by Gasteiger charge is 2.08. The highest BCUT2D eigenvalue weighted by Crippen LogP contribution is 2.24. The Morgan fingerprint density at radius 3 is 2.05 bits per heavy atom. The predicted octanol–water partition coefficient (Wildman–Crippen LogP) is 4.98. The van der Waals surface area contributed by atoms with Crippen LogP contribution in [-0.2, 0) is 6.54 Å². The zero-order chi connectivity index (χ0) is 15.5. The van der Waals surface area contributed by atoms with Gasteiger partial charge >= 0.3 is 0 Å². The van der Waals surface area contributed by atoms with Crippen LogP contribution in [0.2, 0.25) is 0 Å². The molecule has 0 saturated heterocycles. The van der Waals surface area contributed by atoms with Crippen molar-refractivity contribution in [2.45, 2.75) is 46.7 Å². The van der Waals surface area contributed by atoms with Gasteiger partial charge in [-0.3, -0.25) is 0 Å². The molecule has 2 nitrogen and oxygen atoms in total. The van der Waals surface area contributed by atoms with E-state index in [0.717, 1.165) is 18.0 Å². The fourth-order valence-electron chi connectivity index (χ4n) is 1.96. The quantitative estimate of drug-likeness (QED) is 0.854. The summed E-state index contributed by atoms with van der Waals surface area (Å²) in [6, 6.07) is 14.4. The standard InChI is InChI=1S/C19H25NO/c1-14-6-9-18(12-15(14)2)21-17-10-7-16(8-11-17)13-20-19(3,4)5/h6-12,20H,13H2,1-5H3. The Hall–Kier alpha value is -1.80. The van der Waals surface area contributed by atoms with E-state index < -0.39 is 0 Å². The van der Waals surface area contributed by atoms with E-state index in [1.165, 1.54) is 16.7 Å². The molecule has 2 aromatic rings. The lowest BCUT2D eigenvalue weighted by Gasteiger charge is -2.20. The van der Waals surface area contributed by atoms with Crippen molar-refractivity contribution in [1.29, 1.82) is 0 Å². The van der Waals surface area contributed by atoms with Gasteiger partial charge in [0, 0.05) is 12.1 Å². The summed E-state index contributed by atoms with van der Waals surface area (Å²) >= 11 is 0. The topological polar surface area (TPSA) is 21.3 Å². The maximum Gasteiger partial charge on any atom is 0.127 e. The molecule has 2 aromatic carbocycles. The van der Waals surface area contributed by atoms with Crippen LogP contribution in [0, 0.1) is 13.8 Å². The predicted molar refractivity (Wildman–Crippen MR) is 89.0 cm³/mol. The van der Waals surface area contributed by atoms with Crippen LogP contribution in [0.15, 0.2) is 42.5 Å². The first-order valence-corrected chi connectivity index (χ1v) is 7.42. The molecule has 2 heteroatoms. The monoisotopic (exact) mass is 283 g/mol. The molecule has 0 spiro atoms. The maximum atomic E-state index is 5.89. The zero-order valence-corrected chi connectivity index (χ0v) is 13.7. The average Bonchev–Trinajstić information content (AvgIpc) is 2.41. The van der Waals surface area contributed by atoms with Crippen molar-refractivity contribution in [3.63, 3.8) is 0 Å². The number of rotatable bonds is 4. The number of benzene rings is 2. The fourth-order valence-corrected chi connectivity index (χ4v) is 1.96. The van der Waals surface area contributed by atoms with Gasteiger partial charge in [-0.1, -0.05) is 18.2 Å². The SMILES string of the molecule is Cc1ccc(Oc2ccc(CNC(C)(C)C)cc2)cc1C. The Morgan fingerprint density at radius 2 is 1.48 bits per heavy atom. The third-order valence-electron chi connectivity index (χ3n) is 3.46. The number of aryl methyl sites for hydroxylation is 2. The molecular formula is C19H25NO. The molecule has 0 saturated carbocycles. The van der Waals surface area contributed by atoms with Gasteiger partial charge in [0.1, 0.15) is 11.5 Å². The van der Waals surface area contributed by atoms with Crippen LogP contribution in [0.25, 0.3) is 0 Å². The third-order valence-corrected chi connectivity index (χ3v) is 3.46. The van der Waals surface area contributed by atoms with Gasteiger partial charge in [-0.15, -0.1) is 0 Å². The molecule has 0 unspecified atom stereocenters. The molecule has 1 N–H and O–H groups in total. The third kappa shape index (κ3) is 4.91. The smallest absolute Gasteiger partial charge is 0.127 e. The highest BCUT2D eigenvalue weighted by molar-refractivity contribution is 5.37. The highest BCUT2D eigenvalue weighted by atomic mass is 16.5. The molecule has 0 aliphatic carbocycles. The molecule has 0 aliphatic heterocycles. The maximum absolute atomic E-state index is 5.89. The number of ether oxygens (including phenoxy) is 1. The van der Waals surface area contributed by atoms with Crippen molar-refractivity contribution in [3.05, 3.63) is 59.2 Å². The molecule has 0 amide bonds. The second kappa shape index (κ2) is 6.31. The molecule has 0 heterocycles. The van der Waals surface area contributed by atoms with Gasteiger partial charge in [0.25, 0.3) is 0 Å². The molecule has 0 bridgehead atoms. The van der Waals surface area contributed by atoms with E-state index in [9.17, 15) is 0 Å². The molecule has 0 atom stereocenters. The molecule has 0 radical (unpaired) electrons. The summed E-state index contributed by atoms with van der Waals surface area (Å²) in [5.74, 6) is 1.76. The van der Waals surface area contributed by atoms with Gasteiger partial charge in [-0.05, 0) is 75.6 Å². The number of nitrogens with one attached hydrogen (secondary N) is 1. The van der Waals surface area contributed by atoms with Gasteiger partial charge < -0.3 is 10.1 Å². The lowest BCUT2D eigenvalue weighted by Crippen LogP contribution is -2.34. The lowest BCUT2D eigenvalue weighted by atomic mass is 10.1. The largest absolute Gasteiger partial charge is 0.457 e. The first kappa shape index (κ1) is 15.6. The van der Waals surface area contributed by atoms with Gasteiger partial charge in [-0.2, -0.15) is 0 Å². The van der Waals surface area contributed by atoms with E-state index in [2.05, 4.69) is 64.2 Å². The first-order chi connectivity index (χ1) is 9.83. The van der Waals surface area contributed by atoms with Gasteiger partial charge in [0.05, 0.1) is 0 Å². The summed E-state index contributed by atoms with van der Waals surface area (Å²) < 4.78 is 5.89. The fraction of sp³-hybridized carbons (Fsp3) is 0.368. The summed E-state index contributed by atoms with van der Waals surface area (Å²) in [5.41, 5.74) is 3.93. The van der Waals surface area contributed by atoms with Crippen molar-refractivity contribution in [2.24, 2.45) is 0 Å². The Bertz CT molecular complexity index is 594. The Kier molecular flexibility index (Phi) is 4.69. The molecule has 0 fully saturated rings. The van der Waals surface area contributed by atoms with E-state index in [1.807, 2.05) is 18.2 Å². The Labute approximate surface area is 128 Å². The zero-order valence-electron chi connectivity index (χ0n) is 13.7. The van der Waals surface area contributed by atoms with Crippen LogP contribution in [0.5, 0.6) is 11.5 Å². The average molecular weight is 283 g/mol. The molecule has 2 rings (SSSR count). The van der Waals surface area contributed by atoms with Crippen LogP contribution in [0.1, 0.15) is 37.5 Å². The van der Waals surface area contributed by atoms with Crippen LogP contribution in [0.4, 0.5) is 0 Å². The Morgan fingerprint density at radius 1 is 0.857 bits per heavy atom. The summed E-state index contributed by atoms with van der Waals surface area (Å²) in [7, 11) is 0. The Balaban J connectivity index is 2.00. The first-order valence-electron chi connectivity index (χ1n) is 7.42. The summed E-state index contributed by atoms with van der Waals surface area (Å²) in [5, 5.41) is 3.48. The van der Waals surface area contributed by atoms with Crippen molar-refractivity contribution in [2.75, 3.05) is 0 Å². The van der Waals surface area contributed by atoms with E-state index in [4.69, 9.17) is 4.74 Å². The minimum Gasteiger partial charge on any atom is -0.457 e. The minimum atomic E-state index is 0.134. The van der Waals surface area contributed by atoms with Gasteiger partial charge in [-0.25, -0.2) is 0 Å². The van der Waals surface area contributed by atoms with Crippen molar-refractivity contribution in [3.8, 4) is 11.5 Å². The second-order valence-corrected chi connectivity index (χ2v) is 6.60. The summed E-state index contributed by atoms with van der Waals surface area (Å²) in [6.07, 6.45) is 0. The van der Waals surface area contributed by atoms with Crippen molar-refractivity contribution < 1.29 is 4.74 Å². The molecule has 0 aromatic heterocycles. The van der Waals surface area contributed by atoms with E-state index in [1.54, 1.807) is 0 Å².